The highest BCUT2D eigenvalue weighted by atomic mass is 19.1. The van der Waals surface area contributed by atoms with Crippen LogP contribution in [0.3, 0.4) is 0 Å². The van der Waals surface area contributed by atoms with Crippen molar-refractivity contribution in [2.75, 3.05) is 12.8 Å². The zero-order chi connectivity index (χ0) is 13.8. The quantitative estimate of drug-likeness (QED) is 0.852. The third kappa shape index (κ3) is 3.55. The molecule has 0 fully saturated rings. The third-order valence-electron chi connectivity index (χ3n) is 3.12. The number of halogens is 1. The second-order valence-corrected chi connectivity index (χ2v) is 4.97. The standard InChI is InChI=1S/C16H19FN2/c1-12-5-3-6-13(9-12)10-19(2)11-14-15(17)7-4-8-16(14)18/h3-9H,10-11,18H2,1-2H3. The second-order valence-electron chi connectivity index (χ2n) is 4.97. The Morgan fingerprint density at radius 1 is 1.11 bits per heavy atom. The van der Waals surface area contributed by atoms with Crippen LogP contribution in [0.4, 0.5) is 10.1 Å². The molecule has 2 rings (SSSR count). The third-order valence-corrected chi connectivity index (χ3v) is 3.12. The number of rotatable bonds is 4. The molecule has 0 aromatic heterocycles. The maximum absolute atomic E-state index is 13.7. The van der Waals surface area contributed by atoms with Crippen molar-refractivity contribution in [2.45, 2.75) is 20.0 Å². The van der Waals surface area contributed by atoms with Crippen molar-refractivity contribution in [3.05, 3.63) is 65.0 Å². The Balaban J connectivity index is 2.07. The van der Waals surface area contributed by atoms with Crippen LogP contribution in [0.25, 0.3) is 0 Å². The van der Waals surface area contributed by atoms with E-state index in [4.69, 9.17) is 5.73 Å². The fourth-order valence-corrected chi connectivity index (χ4v) is 2.19. The number of anilines is 1. The highest BCUT2D eigenvalue weighted by molar-refractivity contribution is 5.47. The molecule has 0 radical (unpaired) electrons. The smallest absolute Gasteiger partial charge is 0.129 e. The van der Waals surface area contributed by atoms with E-state index in [9.17, 15) is 4.39 Å². The van der Waals surface area contributed by atoms with E-state index in [1.165, 1.54) is 17.2 Å². The Morgan fingerprint density at radius 2 is 1.84 bits per heavy atom. The average molecular weight is 258 g/mol. The van der Waals surface area contributed by atoms with Crippen molar-refractivity contribution in [2.24, 2.45) is 0 Å². The lowest BCUT2D eigenvalue weighted by atomic mass is 10.1. The van der Waals surface area contributed by atoms with Gasteiger partial charge < -0.3 is 5.73 Å². The van der Waals surface area contributed by atoms with Gasteiger partial charge in [0.2, 0.25) is 0 Å². The summed E-state index contributed by atoms with van der Waals surface area (Å²) in [6, 6.07) is 13.1. The molecule has 2 nitrogen and oxygen atoms in total. The van der Waals surface area contributed by atoms with Gasteiger partial charge in [0.15, 0.2) is 0 Å². The predicted octanol–water partition coefficient (Wildman–Crippen LogP) is 3.35. The molecule has 2 aromatic carbocycles. The number of hydrogen-bond acceptors (Lipinski definition) is 2. The topological polar surface area (TPSA) is 29.3 Å². The van der Waals surface area contributed by atoms with Crippen LogP contribution in [0.5, 0.6) is 0 Å². The lowest BCUT2D eigenvalue weighted by Gasteiger charge is -2.18. The van der Waals surface area contributed by atoms with Crippen LogP contribution in [0.1, 0.15) is 16.7 Å². The average Bonchev–Trinajstić information content (AvgIpc) is 2.34. The summed E-state index contributed by atoms with van der Waals surface area (Å²) < 4.78 is 13.7. The summed E-state index contributed by atoms with van der Waals surface area (Å²) in [4.78, 5) is 2.06. The van der Waals surface area contributed by atoms with Crippen molar-refractivity contribution in [3.8, 4) is 0 Å². The SMILES string of the molecule is Cc1cccc(CN(C)Cc2c(N)cccc2F)c1. The Hall–Kier alpha value is -1.87. The molecular formula is C16H19FN2. The largest absolute Gasteiger partial charge is 0.398 e. The summed E-state index contributed by atoms with van der Waals surface area (Å²) >= 11 is 0. The molecule has 0 saturated carbocycles. The molecule has 0 atom stereocenters. The molecule has 3 heteroatoms. The molecule has 0 aliphatic carbocycles. The van der Waals surface area contributed by atoms with Crippen LogP contribution in [0, 0.1) is 12.7 Å². The fourth-order valence-electron chi connectivity index (χ4n) is 2.19. The van der Waals surface area contributed by atoms with Gasteiger partial charge in [-0.05, 0) is 31.7 Å². The number of hydrogen-bond donors (Lipinski definition) is 1. The maximum Gasteiger partial charge on any atom is 0.129 e. The molecule has 0 spiro atoms. The molecule has 0 bridgehead atoms. The highest BCUT2D eigenvalue weighted by Crippen LogP contribution is 2.18. The number of benzene rings is 2. The Kier molecular flexibility index (Phi) is 4.17. The van der Waals surface area contributed by atoms with Gasteiger partial charge in [-0.2, -0.15) is 0 Å². The van der Waals surface area contributed by atoms with E-state index < -0.39 is 0 Å². The molecule has 0 heterocycles. The summed E-state index contributed by atoms with van der Waals surface area (Å²) in [6.45, 7) is 3.35. The monoisotopic (exact) mass is 258 g/mol. The van der Waals surface area contributed by atoms with Gasteiger partial charge in [0.1, 0.15) is 5.82 Å². The highest BCUT2D eigenvalue weighted by Gasteiger charge is 2.09. The summed E-state index contributed by atoms with van der Waals surface area (Å²) in [5.41, 5.74) is 9.35. The van der Waals surface area contributed by atoms with E-state index in [2.05, 4.69) is 30.0 Å². The van der Waals surface area contributed by atoms with E-state index in [1.54, 1.807) is 12.1 Å². The molecule has 0 unspecified atom stereocenters. The van der Waals surface area contributed by atoms with Gasteiger partial charge in [0.05, 0.1) is 0 Å². The van der Waals surface area contributed by atoms with E-state index in [0.29, 0.717) is 17.8 Å². The van der Waals surface area contributed by atoms with Crippen LogP contribution in [-0.4, -0.2) is 11.9 Å². The summed E-state index contributed by atoms with van der Waals surface area (Å²) in [5, 5.41) is 0. The normalized spacial score (nSPS) is 10.9. The Labute approximate surface area is 113 Å². The minimum Gasteiger partial charge on any atom is -0.398 e. The van der Waals surface area contributed by atoms with Gasteiger partial charge in [-0.25, -0.2) is 4.39 Å². The number of nitrogens with zero attached hydrogens (tertiary/aromatic N) is 1. The lowest BCUT2D eigenvalue weighted by molar-refractivity contribution is 0.314. The molecule has 0 aliphatic heterocycles. The zero-order valence-electron chi connectivity index (χ0n) is 11.4. The van der Waals surface area contributed by atoms with E-state index in [1.807, 2.05) is 13.1 Å². The number of aryl methyl sites for hydroxylation is 1. The van der Waals surface area contributed by atoms with Crippen molar-refractivity contribution < 1.29 is 4.39 Å². The van der Waals surface area contributed by atoms with Crippen LogP contribution in [0.15, 0.2) is 42.5 Å². The fraction of sp³-hybridized carbons (Fsp3) is 0.250. The van der Waals surface area contributed by atoms with Crippen molar-refractivity contribution in [1.82, 2.24) is 4.90 Å². The molecule has 2 aromatic rings. The van der Waals surface area contributed by atoms with Crippen LogP contribution >= 0.6 is 0 Å². The van der Waals surface area contributed by atoms with E-state index in [-0.39, 0.29) is 5.82 Å². The van der Waals surface area contributed by atoms with Crippen LogP contribution < -0.4 is 5.73 Å². The van der Waals surface area contributed by atoms with Crippen molar-refractivity contribution in [3.63, 3.8) is 0 Å². The molecule has 2 N–H and O–H groups in total. The Bertz CT molecular complexity index is 546. The molecular weight excluding hydrogens is 239 g/mol. The lowest BCUT2D eigenvalue weighted by Crippen LogP contribution is -2.19. The molecule has 0 aliphatic rings. The van der Waals surface area contributed by atoms with Crippen molar-refractivity contribution in [1.29, 1.82) is 0 Å². The van der Waals surface area contributed by atoms with Gasteiger partial charge in [0.25, 0.3) is 0 Å². The number of nitrogens with two attached hydrogens (primary N) is 1. The van der Waals surface area contributed by atoms with Gasteiger partial charge in [-0.1, -0.05) is 35.9 Å². The summed E-state index contributed by atoms with van der Waals surface area (Å²) in [5.74, 6) is -0.240. The van der Waals surface area contributed by atoms with E-state index >= 15 is 0 Å². The molecule has 100 valence electrons. The number of nitrogen functional groups attached to an aromatic ring is 1. The van der Waals surface area contributed by atoms with Crippen LogP contribution in [-0.2, 0) is 13.1 Å². The first-order chi connectivity index (χ1) is 9.06. The van der Waals surface area contributed by atoms with Gasteiger partial charge >= 0.3 is 0 Å². The van der Waals surface area contributed by atoms with Crippen LogP contribution in [0.2, 0.25) is 0 Å². The second kappa shape index (κ2) is 5.85. The molecule has 0 amide bonds. The summed E-state index contributed by atoms with van der Waals surface area (Å²) in [7, 11) is 1.97. The Morgan fingerprint density at radius 3 is 2.53 bits per heavy atom. The van der Waals surface area contributed by atoms with Crippen molar-refractivity contribution >= 4 is 5.69 Å². The predicted molar refractivity (Wildman–Crippen MR) is 77.2 cm³/mol. The first kappa shape index (κ1) is 13.6. The first-order valence-electron chi connectivity index (χ1n) is 6.33. The first-order valence-corrected chi connectivity index (χ1v) is 6.33. The molecule has 19 heavy (non-hydrogen) atoms. The van der Waals surface area contributed by atoms with Gasteiger partial charge in [0, 0.05) is 24.3 Å². The van der Waals surface area contributed by atoms with E-state index in [0.717, 1.165) is 6.54 Å². The minimum atomic E-state index is -0.240. The van der Waals surface area contributed by atoms with Gasteiger partial charge in [-0.15, -0.1) is 0 Å². The molecule has 0 saturated heterocycles. The van der Waals surface area contributed by atoms with Gasteiger partial charge in [-0.3, -0.25) is 4.90 Å². The minimum absolute atomic E-state index is 0.240. The summed E-state index contributed by atoms with van der Waals surface area (Å²) in [6.07, 6.45) is 0. The maximum atomic E-state index is 13.7. The zero-order valence-corrected chi connectivity index (χ0v) is 11.4.